The van der Waals surface area contributed by atoms with Crippen molar-refractivity contribution in [1.82, 2.24) is 16.0 Å². The maximum atomic E-state index is 13.6. The van der Waals surface area contributed by atoms with E-state index in [-0.39, 0.29) is 12.3 Å². The molecule has 0 aromatic heterocycles. The summed E-state index contributed by atoms with van der Waals surface area (Å²) in [6.07, 6.45) is -9.95. The molecule has 120 heavy (non-hydrogen) atoms. The summed E-state index contributed by atoms with van der Waals surface area (Å²) in [5.41, 5.74) is 0. The molecule has 0 radical (unpaired) electrons. The molecule has 0 spiro atoms. The van der Waals surface area contributed by atoms with Gasteiger partial charge < -0.3 is 165 Å². The number of nitrogens with one attached hydrogen (secondary N) is 3. The molecule has 0 aromatic rings. The second-order valence-corrected chi connectivity index (χ2v) is 33.5. The third kappa shape index (κ3) is 34.2. The van der Waals surface area contributed by atoms with Crippen LogP contribution in [-0.2, 0) is 71.2 Å². The van der Waals surface area contributed by atoms with Crippen LogP contribution in [0.4, 0.5) is 0 Å². The summed E-state index contributed by atoms with van der Waals surface area (Å²) >= 11 is 0. The quantitative estimate of drug-likeness (QED) is 0.0294. The van der Waals surface area contributed by atoms with Gasteiger partial charge in [0.05, 0.1) is 58.4 Å². The minimum Gasteiger partial charge on any atom is -0.394 e. The predicted molar refractivity (Wildman–Crippen MR) is 431 cm³/mol. The van der Waals surface area contributed by atoms with Gasteiger partial charge in [0, 0.05) is 20.3 Å². The van der Waals surface area contributed by atoms with Gasteiger partial charge in [-0.25, -0.2) is 0 Å². The van der Waals surface area contributed by atoms with Gasteiger partial charge in [0.2, 0.25) is 17.7 Å². The molecule has 6 aliphatic heterocycles. The maximum Gasteiger partial charge on any atom is 0.220 e. The summed E-state index contributed by atoms with van der Waals surface area (Å²) in [5.74, 6) is -1.97. The molecule has 12 unspecified atom stereocenters. The number of ether oxygens (including phenoxy) is 12. The van der Waals surface area contributed by atoms with Crippen LogP contribution >= 0.6 is 0 Å². The number of carbonyl (C=O) groups excluding carboxylic acids is 3. The lowest BCUT2D eigenvalue weighted by Gasteiger charge is -2.50. The fraction of sp³-hybridized carbons (Fsp3) is 0.940. The highest BCUT2D eigenvalue weighted by Gasteiger charge is 2.58. The number of hydrogen-bond donors (Lipinski definition) is 21. The number of aliphatic hydroxyl groups is 18. The van der Waals surface area contributed by atoms with Gasteiger partial charge in [0.1, 0.15) is 146 Å². The van der Waals surface area contributed by atoms with E-state index in [0.29, 0.717) is 12.8 Å². The summed E-state index contributed by atoms with van der Waals surface area (Å²) in [6, 6.07) is -4.48. The second-order valence-electron chi connectivity index (χ2n) is 33.5. The number of rotatable bonds is 60. The summed E-state index contributed by atoms with van der Waals surface area (Å²) in [7, 11) is 0. The van der Waals surface area contributed by atoms with Crippen LogP contribution < -0.4 is 16.0 Å². The van der Waals surface area contributed by atoms with Gasteiger partial charge in [0.25, 0.3) is 0 Å². The van der Waals surface area contributed by atoms with E-state index in [0.717, 1.165) is 65.2 Å². The molecule has 0 aromatic carbocycles. The van der Waals surface area contributed by atoms with Crippen molar-refractivity contribution in [3.05, 3.63) is 12.2 Å². The third-order valence-corrected chi connectivity index (χ3v) is 23.7. The Morgan fingerprint density at radius 2 is 0.675 bits per heavy atom. The zero-order valence-electron chi connectivity index (χ0n) is 71.2. The maximum absolute atomic E-state index is 13.6. The van der Waals surface area contributed by atoms with E-state index in [1.807, 2.05) is 6.08 Å². The van der Waals surface area contributed by atoms with Crippen LogP contribution in [0.3, 0.4) is 0 Å². The van der Waals surface area contributed by atoms with Crippen LogP contribution in [0.2, 0.25) is 0 Å². The molecule has 0 bridgehead atoms. The average molecular weight is 1730 g/mol. The van der Waals surface area contributed by atoms with E-state index in [2.05, 4.69) is 29.8 Å². The molecule has 0 saturated carbocycles. The first-order valence-corrected chi connectivity index (χ1v) is 45.0. The van der Waals surface area contributed by atoms with Gasteiger partial charge in [-0.2, -0.15) is 0 Å². The van der Waals surface area contributed by atoms with E-state index in [9.17, 15) is 106 Å². The molecular weight excluding hydrogens is 1580 g/mol. The van der Waals surface area contributed by atoms with E-state index in [1.54, 1.807) is 6.08 Å². The van der Waals surface area contributed by atoms with E-state index >= 15 is 0 Å². The van der Waals surface area contributed by atoms with Crippen molar-refractivity contribution in [1.29, 1.82) is 0 Å². The van der Waals surface area contributed by atoms with Crippen molar-refractivity contribution in [2.45, 2.75) is 455 Å². The Kier molecular flexibility index (Phi) is 51.5. The highest BCUT2D eigenvalue weighted by atomic mass is 16.8. The molecule has 6 aliphatic rings. The van der Waals surface area contributed by atoms with Crippen molar-refractivity contribution in [2.75, 3.05) is 46.2 Å². The van der Waals surface area contributed by atoms with Gasteiger partial charge in [-0.15, -0.1) is 0 Å². The lowest BCUT2D eigenvalue weighted by molar-refractivity contribution is -0.390. The Morgan fingerprint density at radius 1 is 0.333 bits per heavy atom. The molecule has 6 rings (SSSR count). The van der Waals surface area contributed by atoms with Crippen LogP contribution in [0, 0.1) is 0 Å². The molecule has 702 valence electrons. The number of allylic oxidation sites excluding steroid dienone is 1. The summed E-state index contributed by atoms with van der Waals surface area (Å²) in [5, 5.41) is 209. The Balaban J connectivity index is 1.06. The topological polar surface area (TPSA) is 562 Å². The summed E-state index contributed by atoms with van der Waals surface area (Å²) in [6.45, 7) is 0.309. The van der Waals surface area contributed by atoms with Crippen molar-refractivity contribution in [2.24, 2.45) is 0 Å². The molecule has 6 heterocycles. The molecule has 0 aliphatic carbocycles. The first-order chi connectivity index (χ1) is 57.8. The smallest absolute Gasteiger partial charge is 0.220 e. The monoisotopic (exact) mass is 1730 g/mol. The SMILES string of the molecule is CCCCCCCCCCCCC/C=C/[C@@H](O)[C@H](CO[C@@H]1OC(CO)[C@@H](O[C@@H]2OC(CO)[C@H](O[C@@H]3OC(CO)[C@H](O)[C@H](O[C@@H]4OC(CO[C@@H]5OC(CO)[C@@H](O)[C@H](O)C5NC(C)=O)[C@H](O)[C@H](O[C@@H]5OC(CO)[C@H](O)[C@H](O)C5O)C4NC(C)=O)C3O)[C@H](O)C2O)[C@H](O)C1O)NC(=O)CCCCCCCCCCCCCCCCCCCCCCCCC. The minimum atomic E-state index is -2.31. The van der Waals surface area contributed by atoms with Crippen LogP contribution in [-0.4, -0.2) is 352 Å². The number of hydrogen-bond acceptors (Lipinski definition) is 33. The zero-order chi connectivity index (χ0) is 87.6. The fourth-order valence-corrected chi connectivity index (χ4v) is 16.4. The standard InChI is InChI=1S/C84H153N3O33/c1-5-7-9-11-13-15-17-19-20-21-22-23-24-25-26-27-28-30-32-34-36-38-40-42-60(96)87-52(53(95)41-39-37-35-33-31-29-18-16-14-12-10-8-6-2)48-109-81-72(106)69(103)75(57(46-91)114-81)117-83-73(107)70(104)76(58(47-92)115-83)118-84-74(108)78(65(99)56(45-90)113-84)120-80-62(86-51(4)94)77(119-82-71(105)68(102)64(98)55(44-89)112-82)66(100)59(116-80)49-110-79-61(85-50(3)93)67(101)63(97)54(43-88)111-79/h39,41,52-59,61-84,88-92,95,97-108H,5-38,40,42-49H2,1-4H3,(H,85,93)(H,86,94)(H,87,96)/b41-39+/t52-,53+,54?,55?,56?,57?,58?,59?,61?,62?,63+,64-,65-,66-,67+,68-,69+,70+,71?,72?,73?,74?,75+,76-,77+,78-,79+,80-,81+,82-,83-,84-/m0/s1. The van der Waals surface area contributed by atoms with Gasteiger partial charge in [-0.1, -0.05) is 231 Å². The van der Waals surface area contributed by atoms with Gasteiger partial charge in [-0.05, 0) is 19.3 Å². The first kappa shape index (κ1) is 106. The van der Waals surface area contributed by atoms with Crippen molar-refractivity contribution >= 4 is 17.7 Å². The lowest BCUT2D eigenvalue weighted by atomic mass is 9.94. The largest absolute Gasteiger partial charge is 0.394 e. The van der Waals surface area contributed by atoms with Crippen LogP contribution in [0.15, 0.2) is 12.2 Å². The molecule has 36 nitrogen and oxygen atoms in total. The van der Waals surface area contributed by atoms with Gasteiger partial charge in [0.15, 0.2) is 37.7 Å². The van der Waals surface area contributed by atoms with Crippen molar-refractivity contribution in [3.8, 4) is 0 Å². The van der Waals surface area contributed by atoms with Crippen molar-refractivity contribution < 1.29 is 163 Å². The Bertz CT molecular complexity index is 2740. The lowest BCUT2D eigenvalue weighted by Crippen LogP contribution is -2.70. The van der Waals surface area contributed by atoms with Crippen molar-refractivity contribution in [3.63, 3.8) is 0 Å². The normalized spacial score (nSPS) is 35.5. The summed E-state index contributed by atoms with van der Waals surface area (Å²) in [4.78, 5) is 39.0. The number of amides is 3. The van der Waals surface area contributed by atoms with Crippen LogP contribution in [0.1, 0.15) is 259 Å². The third-order valence-electron chi connectivity index (χ3n) is 23.7. The molecule has 6 fully saturated rings. The highest BCUT2D eigenvalue weighted by Crippen LogP contribution is 2.38. The minimum absolute atomic E-state index is 0.178. The predicted octanol–water partition coefficient (Wildman–Crippen LogP) is 0.697. The molecule has 32 atom stereocenters. The van der Waals surface area contributed by atoms with Gasteiger partial charge >= 0.3 is 0 Å². The van der Waals surface area contributed by atoms with E-state index in [4.69, 9.17) is 56.8 Å². The zero-order valence-corrected chi connectivity index (χ0v) is 71.2. The molecule has 6 saturated heterocycles. The second kappa shape index (κ2) is 58.4. The Labute approximate surface area is 707 Å². The molecule has 3 amide bonds. The van der Waals surface area contributed by atoms with Crippen LogP contribution in [0.25, 0.3) is 0 Å². The van der Waals surface area contributed by atoms with E-state index < -0.39 is 254 Å². The molecule has 21 N–H and O–H groups in total. The molecular formula is C84H153N3O33. The Morgan fingerprint density at radius 3 is 1.12 bits per heavy atom. The Hall–Kier alpha value is -3.05. The fourth-order valence-electron chi connectivity index (χ4n) is 16.4. The molecule has 36 heteroatoms. The highest BCUT2D eigenvalue weighted by molar-refractivity contribution is 5.76. The number of carbonyl (C=O) groups is 3. The first-order valence-electron chi connectivity index (χ1n) is 45.0. The number of unbranched alkanes of at least 4 members (excludes halogenated alkanes) is 33. The number of aliphatic hydroxyl groups excluding tert-OH is 18. The van der Waals surface area contributed by atoms with Crippen LogP contribution in [0.5, 0.6) is 0 Å². The summed E-state index contributed by atoms with van der Waals surface area (Å²) < 4.78 is 71.2. The van der Waals surface area contributed by atoms with E-state index in [1.165, 1.54) is 161 Å². The average Bonchev–Trinajstić information content (AvgIpc) is 0.768. The van der Waals surface area contributed by atoms with Gasteiger partial charge in [-0.3, -0.25) is 14.4 Å².